The minimum absolute atomic E-state index is 0.405. The van der Waals surface area contributed by atoms with Gasteiger partial charge in [-0.1, -0.05) is 6.08 Å². The van der Waals surface area contributed by atoms with Crippen LogP contribution in [-0.2, 0) is 25.7 Å². The Balaban J connectivity index is 1.53. The zero-order chi connectivity index (χ0) is 17.6. The van der Waals surface area contributed by atoms with Crippen molar-refractivity contribution in [1.82, 2.24) is 24.2 Å². The van der Waals surface area contributed by atoms with Crippen molar-refractivity contribution in [3.63, 3.8) is 0 Å². The second-order valence-electron chi connectivity index (χ2n) is 7.58. The summed E-state index contributed by atoms with van der Waals surface area (Å²) in [5.41, 5.74) is 1.69. The molecule has 0 aliphatic carbocycles. The number of fused-ring (bicyclic) bond motifs is 2. The summed E-state index contributed by atoms with van der Waals surface area (Å²) in [6.45, 7) is 7.58. The second kappa shape index (κ2) is 6.11. The molecule has 0 aromatic carbocycles. The van der Waals surface area contributed by atoms with Gasteiger partial charge < -0.3 is 9.67 Å². The van der Waals surface area contributed by atoms with E-state index in [-0.39, 0.29) is 0 Å². The maximum atomic E-state index is 11.3. The molecule has 0 radical (unpaired) electrons. The van der Waals surface area contributed by atoms with E-state index in [9.17, 15) is 5.11 Å². The molecule has 2 aromatic rings. The van der Waals surface area contributed by atoms with Gasteiger partial charge >= 0.3 is 0 Å². The van der Waals surface area contributed by atoms with Gasteiger partial charge in [0, 0.05) is 49.3 Å². The van der Waals surface area contributed by atoms with E-state index in [4.69, 9.17) is 0 Å². The Kier molecular flexibility index (Phi) is 4.04. The lowest BCUT2D eigenvalue weighted by molar-refractivity contribution is -0.0669. The van der Waals surface area contributed by atoms with Crippen LogP contribution in [0.1, 0.15) is 42.8 Å². The summed E-state index contributed by atoms with van der Waals surface area (Å²) in [5, 5.41) is 15.7. The molecule has 6 nitrogen and oxygen atoms in total. The van der Waals surface area contributed by atoms with E-state index in [0.717, 1.165) is 44.6 Å². The summed E-state index contributed by atoms with van der Waals surface area (Å²) >= 11 is 0. The zero-order valence-corrected chi connectivity index (χ0v) is 15.1. The molecule has 6 heteroatoms. The predicted molar refractivity (Wildman–Crippen MR) is 95.9 cm³/mol. The summed E-state index contributed by atoms with van der Waals surface area (Å²) < 4.78 is 3.96. The molecule has 3 atom stereocenters. The number of nitrogens with zero attached hydrogens (tertiary/aromatic N) is 5. The molecule has 0 spiro atoms. The monoisotopic (exact) mass is 341 g/mol. The number of allylic oxidation sites excluding steroid dienone is 1. The number of rotatable bonds is 5. The van der Waals surface area contributed by atoms with E-state index in [1.54, 1.807) is 6.20 Å². The Bertz CT molecular complexity index is 763. The first-order valence-electron chi connectivity index (χ1n) is 9.10. The van der Waals surface area contributed by atoms with Crippen LogP contribution in [0, 0.1) is 6.92 Å². The van der Waals surface area contributed by atoms with Gasteiger partial charge in [-0.05, 0) is 32.6 Å². The van der Waals surface area contributed by atoms with Crippen LogP contribution in [0.3, 0.4) is 0 Å². The third-order valence-corrected chi connectivity index (χ3v) is 6.01. The zero-order valence-electron chi connectivity index (χ0n) is 15.1. The van der Waals surface area contributed by atoms with Gasteiger partial charge in [-0.3, -0.25) is 9.58 Å². The Hall–Kier alpha value is -1.92. The lowest BCUT2D eigenvalue weighted by Crippen LogP contribution is -2.50. The van der Waals surface area contributed by atoms with Gasteiger partial charge in [0.05, 0.1) is 12.7 Å². The molecule has 2 bridgehead atoms. The summed E-state index contributed by atoms with van der Waals surface area (Å²) in [7, 11) is 1.96. The number of aryl methyl sites for hydroxylation is 1. The van der Waals surface area contributed by atoms with Crippen molar-refractivity contribution in [2.45, 2.75) is 63.4 Å². The van der Waals surface area contributed by atoms with Gasteiger partial charge in [0.2, 0.25) is 0 Å². The number of imidazole rings is 1. The van der Waals surface area contributed by atoms with Crippen molar-refractivity contribution in [2.75, 3.05) is 0 Å². The molecule has 1 N–H and O–H groups in total. The first kappa shape index (κ1) is 16.5. The third-order valence-electron chi connectivity index (χ3n) is 6.01. The standard InChI is InChI=1S/C19H27N5O/c1-4-8-24-14(2)15(12-21-24)13-23-16-5-6-17(23)11-19(25,10-16)18-20-7-9-22(18)3/h4,7,9,12,16-17,25H,1,5-6,8,10-11,13H2,2-3H3/t16-,17+,19?. The fraction of sp³-hybridized carbons (Fsp3) is 0.579. The van der Waals surface area contributed by atoms with E-state index in [1.807, 2.05) is 34.8 Å². The topological polar surface area (TPSA) is 59.1 Å². The fourth-order valence-corrected chi connectivity index (χ4v) is 4.71. The molecule has 2 fully saturated rings. The second-order valence-corrected chi connectivity index (χ2v) is 7.58. The van der Waals surface area contributed by atoms with Crippen molar-refractivity contribution >= 4 is 0 Å². The van der Waals surface area contributed by atoms with Gasteiger partial charge in [0.25, 0.3) is 0 Å². The molecule has 0 amide bonds. The summed E-state index contributed by atoms with van der Waals surface area (Å²) in [4.78, 5) is 7.00. The Labute approximate surface area is 148 Å². The Morgan fingerprint density at radius 1 is 1.36 bits per heavy atom. The minimum Gasteiger partial charge on any atom is -0.382 e. The van der Waals surface area contributed by atoms with E-state index >= 15 is 0 Å². The molecular weight excluding hydrogens is 314 g/mol. The van der Waals surface area contributed by atoms with Crippen LogP contribution in [0.5, 0.6) is 0 Å². The van der Waals surface area contributed by atoms with Crippen LogP contribution in [-0.4, -0.2) is 41.4 Å². The first-order valence-corrected chi connectivity index (χ1v) is 9.10. The van der Waals surface area contributed by atoms with Gasteiger partial charge in [-0.25, -0.2) is 4.98 Å². The number of hydrogen-bond donors (Lipinski definition) is 1. The molecule has 0 saturated carbocycles. The number of hydrogen-bond acceptors (Lipinski definition) is 4. The molecule has 2 saturated heterocycles. The summed E-state index contributed by atoms with van der Waals surface area (Å²) in [6.07, 6.45) is 11.4. The maximum Gasteiger partial charge on any atom is 0.140 e. The van der Waals surface area contributed by atoms with E-state index in [1.165, 1.54) is 11.3 Å². The molecule has 2 aliphatic rings. The van der Waals surface area contributed by atoms with Crippen molar-refractivity contribution in [3.8, 4) is 0 Å². The number of aromatic nitrogens is 4. The molecule has 25 heavy (non-hydrogen) atoms. The van der Waals surface area contributed by atoms with Crippen molar-refractivity contribution in [3.05, 3.63) is 48.3 Å². The first-order chi connectivity index (χ1) is 12.0. The molecule has 4 rings (SSSR count). The van der Waals surface area contributed by atoms with Crippen molar-refractivity contribution < 1.29 is 5.11 Å². The SMILES string of the molecule is C=CCn1ncc(CN2[C@@H]3CC[C@H]2CC(O)(c2nccn2C)C3)c1C. The Morgan fingerprint density at radius 3 is 2.68 bits per heavy atom. The molecule has 1 unspecified atom stereocenters. The normalized spacial score (nSPS) is 29.2. The lowest BCUT2D eigenvalue weighted by Gasteiger charge is -2.43. The van der Waals surface area contributed by atoms with Crippen LogP contribution in [0.2, 0.25) is 0 Å². The van der Waals surface area contributed by atoms with Crippen LogP contribution in [0.4, 0.5) is 0 Å². The molecule has 4 heterocycles. The molecular formula is C19H27N5O. The maximum absolute atomic E-state index is 11.3. The smallest absolute Gasteiger partial charge is 0.140 e. The van der Waals surface area contributed by atoms with Gasteiger partial charge in [-0.15, -0.1) is 6.58 Å². The van der Waals surface area contributed by atoms with Gasteiger partial charge in [0.1, 0.15) is 11.4 Å². The van der Waals surface area contributed by atoms with Crippen LogP contribution < -0.4 is 0 Å². The quantitative estimate of drug-likeness (QED) is 0.847. The highest BCUT2D eigenvalue weighted by atomic mass is 16.3. The highest BCUT2D eigenvalue weighted by molar-refractivity contribution is 5.19. The number of aliphatic hydroxyl groups is 1. The molecule has 2 aromatic heterocycles. The third kappa shape index (κ3) is 2.73. The highest BCUT2D eigenvalue weighted by Crippen LogP contribution is 2.45. The highest BCUT2D eigenvalue weighted by Gasteiger charge is 2.49. The van der Waals surface area contributed by atoms with Crippen molar-refractivity contribution in [1.29, 1.82) is 0 Å². The molecule has 2 aliphatic heterocycles. The minimum atomic E-state index is -0.803. The van der Waals surface area contributed by atoms with E-state index in [2.05, 4.69) is 28.5 Å². The van der Waals surface area contributed by atoms with Gasteiger partial charge in [0.15, 0.2) is 0 Å². The molecule has 134 valence electrons. The van der Waals surface area contributed by atoms with Gasteiger partial charge in [-0.2, -0.15) is 5.10 Å². The van der Waals surface area contributed by atoms with E-state index in [0.29, 0.717) is 12.1 Å². The average Bonchev–Trinajstić information content (AvgIpc) is 3.22. The van der Waals surface area contributed by atoms with E-state index < -0.39 is 5.60 Å². The average molecular weight is 341 g/mol. The largest absolute Gasteiger partial charge is 0.382 e. The Morgan fingerprint density at radius 2 is 2.08 bits per heavy atom. The summed E-state index contributed by atoms with van der Waals surface area (Å²) in [5.74, 6) is 0.805. The van der Waals surface area contributed by atoms with Crippen LogP contribution >= 0.6 is 0 Å². The summed E-state index contributed by atoms with van der Waals surface area (Å²) in [6, 6.07) is 0.810. The number of piperidine rings is 1. The fourth-order valence-electron chi connectivity index (χ4n) is 4.71. The van der Waals surface area contributed by atoms with Crippen LogP contribution in [0.25, 0.3) is 0 Å². The van der Waals surface area contributed by atoms with Crippen LogP contribution in [0.15, 0.2) is 31.2 Å². The predicted octanol–water partition coefficient (Wildman–Crippen LogP) is 2.13. The van der Waals surface area contributed by atoms with Crippen molar-refractivity contribution in [2.24, 2.45) is 7.05 Å². The lowest BCUT2D eigenvalue weighted by atomic mass is 9.85.